The highest BCUT2D eigenvalue weighted by atomic mass is 32.2. The van der Waals surface area contributed by atoms with Crippen LogP contribution in [0.25, 0.3) is 11.0 Å². The molecule has 1 aromatic carbocycles. The predicted molar refractivity (Wildman–Crippen MR) is 86.2 cm³/mol. The second-order valence-electron chi connectivity index (χ2n) is 5.17. The maximum Gasteiger partial charge on any atom is 0.134 e. The first kappa shape index (κ1) is 14.0. The summed E-state index contributed by atoms with van der Waals surface area (Å²) in [4.78, 5) is 2.54. The summed E-state index contributed by atoms with van der Waals surface area (Å²) < 4.78 is 6.05. The van der Waals surface area contributed by atoms with Gasteiger partial charge in [-0.05, 0) is 12.6 Å². The van der Waals surface area contributed by atoms with E-state index in [4.69, 9.17) is 4.42 Å². The molecule has 1 N–H and O–H groups in total. The third-order valence-electron chi connectivity index (χ3n) is 3.80. The lowest BCUT2D eigenvalue weighted by Crippen LogP contribution is -2.32. The molecule has 0 atom stereocenters. The zero-order chi connectivity index (χ0) is 13.8. The third kappa shape index (κ3) is 3.03. The van der Waals surface area contributed by atoms with Gasteiger partial charge < -0.3 is 9.73 Å². The molecular weight excluding hydrogens is 268 g/mol. The maximum absolute atomic E-state index is 6.05. The Labute approximate surface area is 124 Å². The normalized spacial score (nSPS) is 16.9. The van der Waals surface area contributed by atoms with Gasteiger partial charge in [0.15, 0.2) is 0 Å². The van der Waals surface area contributed by atoms with Crippen molar-refractivity contribution in [3.8, 4) is 0 Å². The number of furan rings is 1. The lowest BCUT2D eigenvalue weighted by molar-refractivity contribution is 0.292. The van der Waals surface area contributed by atoms with Crippen molar-refractivity contribution < 1.29 is 4.42 Å². The quantitative estimate of drug-likeness (QED) is 0.916. The van der Waals surface area contributed by atoms with E-state index in [1.807, 2.05) is 6.07 Å². The smallest absolute Gasteiger partial charge is 0.134 e. The van der Waals surface area contributed by atoms with Crippen molar-refractivity contribution in [1.29, 1.82) is 0 Å². The second-order valence-corrected chi connectivity index (χ2v) is 6.39. The monoisotopic (exact) mass is 290 g/mol. The SMILES string of the molecule is CCNCc1oc2ccccc2c1CN1CCSCC1. The highest BCUT2D eigenvalue weighted by Gasteiger charge is 2.18. The van der Waals surface area contributed by atoms with E-state index in [1.54, 1.807) is 0 Å². The number of hydrogen-bond donors (Lipinski definition) is 1. The number of thioether (sulfide) groups is 1. The van der Waals surface area contributed by atoms with Crippen molar-refractivity contribution in [1.82, 2.24) is 10.2 Å². The van der Waals surface area contributed by atoms with Crippen LogP contribution in [0.2, 0.25) is 0 Å². The molecule has 3 rings (SSSR count). The topological polar surface area (TPSA) is 28.4 Å². The van der Waals surface area contributed by atoms with Crippen LogP contribution >= 0.6 is 11.8 Å². The lowest BCUT2D eigenvalue weighted by atomic mass is 10.1. The largest absolute Gasteiger partial charge is 0.459 e. The molecule has 20 heavy (non-hydrogen) atoms. The molecule has 0 aliphatic carbocycles. The van der Waals surface area contributed by atoms with E-state index in [0.717, 1.165) is 31.0 Å². The molecule has 2 heterocycles. The van der Waals surface area contributed by atoms with Crippen LogP contribution in [0.5, 0.6) is 0 Å². The van der Waals surface area contributed by atoms with E-state index < -0.39 is 0 Å². The van der Waals surface area contributed by atoms with Crippen LogP contribution in [0.4, 0.5) is 0 Å². The van der Waals surface area contributed by atoms with Crippen molar-refractivity contribution in [2.75, 3.05) is 31.1 Å². The average Bonchev–Trinajstić information content (AvgIpc) is 2.84. The zero-order valence-corrected chi connectivity index (χ0v) is 12.8. The maximum atomic E-state index is 6.05. The highest BCUT2D eigenvalue weighted by Crippen LogP contribution is 2.27. The van der Waals surface area contributed by atoms with E-state index in [2.05, 4.69) is 47.1 Å². The van der Waals surface area contributed by atoms with E-state index in [-0.39, 0.29) is 0 Å². The van der Waals surface area contributed by atoms with Gasteiger partial charge in [0.25, 0.3) is 0 Å². The van der Waals surface area contributed by atoms with Gasteiger partial charge in [-0.15, -0.1) is 0 Å². The van der Waals surface area contributed by atoms with Gasteiger partial charge in [-0.1, -0.05) is 25.1 Å². The molecule has 1 saturated heterocycles. The van der Waals surface area contributed by atoms with Crippen molar-refractivity contribution >= 4 is 22.7 Å². The fourth-order valence-corrected chi connectivity index (χ4v) is 3.67. The summed E-state index contributed by atoms with van der Waals surface area (Å²) in [5.74, 6) is 3.60. The van der Waals surface area contributed by atoms with Crippen molar-refractivity contribution in [3.05, 3.63) is 35.6 Å². The first-order chi connectivity index (χ1) is 9.88. The Morgan fingerprint density at radius 1 is 1.25 bits per heavy atom. The van der Waals surface area contributed by atoms with Gasteiger partial charge in [-0.3, -0.25) is 4.90 Å². The minimum Gasteiger partial charge on any atom is -0.459 e. The summed E-state index contributed by atoms with van der Waals surface area (Å²) >= 11 is 2.06. The van der Waals surface area contributed by atoms with Crippen LogP contribution in [0.1, 0.15) is 18.2 Å². The number of benzene rings is 1. The van der Waals surface area contributed by atoms with Crippen molar-refractivity contribution in [2.45, 2.75) is 20.0 Å². The van der Waals surface area contributed by atoms with Gasteiger partial charge in [0.2, 0.25) is 0 Å². The Kier molecular flexibility index (Phi) is 4.65. The molecule has 4 heteroatoms. The number of fused-ring (bicyclic) bond motifs is 1. The number of para-hydroxylation sites is 1. The molecule has 0 unspecified atom stereocenters. The van der Waals surface area contributed by atoms with Crippen molar-refractivity contribution in [3.63, 3.8) is 0 Å². The number of nitrogens with one attached hydrogen (secondary N) is 1. The summed E-state index contributed by atoms with van der Waals surface area (Å²) in [6.45, 7) is 7.30. The van der Waals surface area contributed by atoms with Gasteiger partial charge in [0.1, 0.15) is 11.3 Å². The standard InChI is InChI=1S/C16H22N2OS/c1-2-17-11-16-14(12-18-7-9-20-10-8-18)13-5-3-4-6-15(13)19-16/h3-6,17H,2,7-12H2,1H3. The van der Waals surface area contributed by atoms with Gasteiger partial charge in [-0.25, -0.2) is 0 Å². The Bertz CT molecular complexity index is 561. The summed E-state index contributed by atoms with van der Waals surface area (Å²) in [5.41, 5.74) is 2.38. The first-order valence-corrected chi connectivity index (χ1v) is 8.54. The van der Waals surface area contributed by atoms with Gasteiger partial charge in [0, 0.05) is 42.1 Å². The molecule has 0 amide bonds. The molecule has 2 aromatic rings. The van der Waals surface area contributed by atoms with Crippen LogP contribution in [-0.2, 0) is 13.1 Å². The predicted octanol–water partition coefficient (Wildman–Crippen LogP) is 3.09. The molecule has 1 aromatic heterocycles. The van der Waals surface area contributed by atoms with Gasteiger partial charge >= 0.3 is 0 Å². The Morgan fingerprint density at radius 3 is 2.85 bits per heavy atom. The van der Waals surface area contributed by atoms with Gasteiger partial charge in [-0.2, -0.15) is 11.8 Å². The van der Waals surface area contributed by atoms with E-state index in [9.17, 15) is 0 Å². The van der Waals surface area contributed by atoms with E-state index in [0.29, 0.717) is 0 Å². The minimum absolute atomic E-state index is 0.823. The molecule has 1 fully saturated rings. The minimum atomic E-state index is 0.823. The summed E-state index contributed by atoms with van der Waals surface area (Å²) in [5, 5.41) is 4.66. The third-order valence-corrected chi connectivity index (χ3v) is 4.75. The Balaban J connectivity index is 1.88. The lowest BCUT2D eigenvalue weighted by Gasteiger charge is -2.26. The fourth-order valence-electron chi connectivity index (χ4n) is 2.69. The molecule has 1 aliphatic rings. The van der Waals surface area contributed by atoms with E-state index >= 15 is 0 Å². The molecule has 1 aliphatic heterocycles. The number of rotatable bonds is 5. The Morgan fingerprint density at radius 2 is 2.05 bits per heavy atom. The Hall–Kier alpha value is -0.970. The molecule has 3 nitrogen and oxygen atoms in total. The summed E-state index contributed by atoms with van der Waals surface area (Å²) in [6.07, 6.45) is 0. The average molecular weight is 290 g/mol. The zero-order valence-electron chi connectivity index (χ0n) is 12.0. The number of hydrogen-bond acceptors (Lipinski definition) is 4. The molecular formula is C16H22N2OS. The van der Waals surface area contributed by atoms with E-state index in [1.165, 1.54) is 35.5 Å². The van der Waals surface area contributed by atoms with Crippen LogP contribution < -0.4 is 5.32 Å². The van der Waals surface area contributed by atoms with Crippen LogP contribution in [-0.4, -0.2) is 36.0 Å². The summed E-state index contributed by atoms with van der Waals surface area (Å²) in [6, 6.07) is 8.40. The van der Waals surface area contributed by atoms with Crippen molar-refractivity contribution in [2.24, 2.45) is 0 Å². The molecule has 0 saturated carbocycles. The second kappa shape index (κ2) is 6.66. The van der Waals surface area contributed by atoms with Crippen LogP contribution in [0, 0.1) is 0 Å². The number of nitrogens with zero attached hydrogens (tertiary/aromatic N) is 1. The molecule has 0 radical (unpaired) electrons. The van der Waals surface area contributed by atoms with Crippen LogP contribution in [0.15, 0.2) is 28.7 Å². The highest BCUT2D eigenvalue weighted by molar-refractivity contribution is 7.99. The summed E-state index contributed by atoms with van der Waals surface area (Å²) in [7, 11) is 0. The molecule has 0 spiro atoms. The first-order valence-electron chi connectivity index (χ1n) is 7.38. The van der Waals surface area contributed by atoms with Crippen LogP contribution in [0.3, 0.4) is 0 Å². The molecule has 108 valence electrons. The van der Waals surface area contributed by atoms with Gasteiger partial charge in [0.05, 0.1) is 6.54 Å². The fraction of sp³-hybridized carbons (Fsp3) is 0.500. The molecule has 0 bridgehead atoms.